The number of hydrogen-bond acceptors (Lipinski definition) is 10. The molecular weight excluding hydrogens is 528 g/mol. The Hall–Kier alpha value is -5.66. The van der Waals surface area contributed by atoms with Gasteiger partial charge in [0.05, 0.1) is 5.69 Å². The van der Waals surface area contributed by atoms with E-state index in [1.54, 1.807) is 30.3 Å². The van der Waals surface area contributed by atoms with Crippen LogP contribution in [0.1, 0.15) is 26.3 Å². The van der Waals surface area contributed by atoms with Crippen LogP contribution in [0.3, 0.4) is 0 Å². The Morgan fingerprint density at radius 3 is 1.90 bits per heavy atom. The molecule has 3 N–H and O–H groups in total. The van der Waals surface area contributed by atoms with Gasteiger partial charge in [-0.2, -0.15) is 0 Å². The summed E-state index contributed by atoms with van der Waals surface area (Å²) < 4.78 is 16.9. The van der Waals surface area contributed by atoms with E-state index in [1.165, 1.54) is 25.3 Å². The van der Waals surface area contributed by atoms with Crippen molar-refractivity contribution in [3.05, 3.63) is 75.1 Å². The van der Waals surface area contributed by atoms with E-state index in [0.29, 0.717) is 9.47 Å². The first-order valence-electron chi connectivity index (χ1n) is 11.4. The molecule has 0 fully saturated rings. The van der Waals surface area contributed by atoms with Gasteiger partial charge in [-0.15, -0.1) is 0 Å². The van der Waals surface area contributed by atoms with E-state index in [1.807, 2.05) is 0 Å². The molecule has 2 aromatic carbocycles. The number of nitrogen functional groups attached to an aromatic ring is 1. The normalized spacial score (nSPS) is 10.7. The molecule has 0 aliphatic heterocycles. The van der Waals surface area contributed by atoms with Crippen LogP contribution in [0.5, 0.6) is 17.2 Å². The highest BCUT2D eigenvalue weighted by molar-refractivity contribution is 5.92. The molecule has 1 heterocycles. The summed E-state index contributed by atoms with van der Waals surface area (Å²) in [4.78, 5) is 73.5. The summed E-state index contributed by atoms with van der Waals surface area (Å²) in [5.74, 6) is -3.82. The number of amides is 1. The number of anilines is 2. The molecule has 1 aromatic heterocycles. The van der Waals surface area contributed by atoms with Gasteiger partial charge in [-0.25, -0.2) is 19.1 Å². The van der Waals surface area contributed by atoms with Crippen LogP contribution in [0.2, 0.25) is 0 Å². The van der Waals surface area contributed by atoms with Crippen LogP contribution in [0.4, 0.5) is 16.3 Å². The minimum atomic E-state index is -1.63. The first kappa shape index (κ1) is 28.9. The number of esters is 3. The molecule has 0 unspecified atom stereocenters. The largest absolute Gasteiger partial charge is 0.464 e. The molecule has 0 atom stereocenters. The third kappa shape index (κ3) is 6.24. The van der Waals surface area contributed by atoms with Crippen LogP contribution >= 0.6 is 0 Å². The fourth-order valence-corrected chi connectivity index (χ4v) is 3.56. The van der Waals surface area contributed by atoms with Gasteiger partial charge < -0.3 is 25.1 Å². The van der Waals surface area contributed by atoms with E-state index in [4.69, 9.17) is 19.9 Å². The zero-order valence-electron chi connectivity index (χ0n) is 21.7. The summed E-state index contributed by atoms with van der Waals surface area (Å²) in [7, 11) is 1.17. The van der Waals surface area contributed by atoms with E-state index in [0.717, 1.165) is 31.5 Å². The third-order valence-corrected chi connectivity index (χ3v) is 5.14. The Morgan fingerprint density at radius 2 is 1.43 bits per heavy atom. The molecule has 0 aliphatic rings. The van der Waals surface area contributed by atoms with Crippen molar-refractivity contribution in [3.8, 4) is 22.9 Å². The SMILES string of the molecule is CC(=O)Oc1cc(C=CN(C(=O)O)c2c(N)n(-c3ccccc3)c(=O)n(C)c2=O)cc(OC(C)=O)c1OC(C)=O. The smallest absolute Gasteiger partial charge is 0.416 e. The van der Waals surface area contributed by atoms with E-state index in [2.05, 4.69) is 0 Å². The quantitative estimate of drug-likeness (QED) is 0.322. The number of para-hydroxylation sites is 1. The van der Waals surface area contributed by atoms with E-state index in [-0.39, 0.29) is 28.5 Å². The van der Waals surface area contributed by atoms with Gasteiger partial charge in [0.15, 0.2) is 17.2 Å². The van der Waals surface area contributed by atoms with Gasteiger partial charge in [0.25, 0.3) is 5.56 Å². The Labute approximate surface area is 226 Å². The van der Waals surface area contributed by atoms with Gasteiger partial charge in [-0.05, 0) is 35.9 Å². The number of hydrogen-bond donors (Lipinski definition) is 2. The zero-order valence-corrected chi connectivity index (χ0v) is 21.7. The van der Waals surface area contributed by atoms with Crippen LogP contribution in [-0.2, 0) is 21.4 Å². The molecular formula is C26H24N4O10. The van der Waals surface area contributed by atoms with Crippen molar-refractivity contribution in [1.82, 2.24) is 9.13 Å². The third-order valence-electron chi connectivity index (χ3n) is 5.14. The number of aromatic nitrogens is 2. The molecule has 0 radical (unpaired) electrons. The lowest BCUT2D eigenvalue weighted by molar-refractivity contribution is -0.135. The highest BCUT2D eigenvalue weighted by Gasteiger charge is 2.25. The fraction of sp³-hybridized carbons (Fsp3) is 0.154. The molecule has 3 rings (SSSR count). The number of ether oxygens (including phenoxy) is 3. The van der Waals surface area contributed by atoms with Crippen LogP contribution < -0.4 is 36.1 Å². The second-order valence-electron chi connectivity index (χ2n) is 8.15. The monoisotopic (exact) mass is 552 g/mol. The number of benzene rings is 2. The number of carbonyl (C=O) groups excluding carboxylic acids is 3. The van der Waals surface area contributed by atoms with Gasteiger partial charge in [-0.3, -0.25) is 23.7 Å². The van der Waals surface area contributed by atoms with Crippen molar-refractivity contribution in [2.24, 2.45) is 7.05 Å². The maximum atomic E-state index is 13.0. The van der Waals surface area contributed by atoms with Gasteiger partial charge in [0, 0.05) is 34.0 Å². The lowest BCUT2D eigenvalue weighted by Crippen LogP contribution is -2.43. The summed E-state index contributed by atoms with van der Waals surface area (Å²) in [6.45, 7) is 3.24. The molecule has 14 nitrogen and oxygen atoms in total. The Kier molecular flexibility index (Phi) is 8.53. The molecule has 208 valence electrons. The van der Waals surface area contributed by atoms with Gasteiger partial charge in [0.1, 0.15) is 5.82 Å². The molecule has 0 bridgehead atoms. The van der Waals surface area contributed by atoms with Gasteiger partial charge >= 0.3 is 29.7 Å². The summed E-state index contributed by atoms with van der Waals surface area (Å²) in [6, 6.07) is 10.4. The highest BCUT2D eigenvalue weighted by Crippen LogP contribution is 2.40. The lowest BCUT2D eigenvalue weighted by Gasteiger charge is -2.20. The second-order valence-corrected chi connectivity index (χ2v) is 8.15. The number of nitrogens with zero attached hydrogens (tertiary/aromatic N) is 3. The molecule has 0 saturated heterocycles. The van der Waals surface area contributed by atoms with Crippen LogP contribution in [0, 0.1) is 0 Å². The van der Waals surface area contributed by atoms with Crippen molar-refractivity contribution in [2.75, 3.05) is 10.6 Å². The van der Waals surface area contributed by atoms with Crippen molar-refractivity contribution in [2.45, 2.75) is 20.8 Å². The lowest BCUT2D eigenvalue weighted by atomic mass is 10.1. The van der Waals surface area contributed by atoms with Crippen molar-refractivity contribution in [1.29, 1.82) is 0 Å². The standard InChI is InChI=1S/C26H24N4O10/c1-14(31)38-19-12-17(13-20(39-15(2)32)22(19)40-16(3)33)10-11-29(26(36)37)21-23(27)30(18-8-6-5-7-9-18)25(35)28(4)24(21)34/h5-13H,27H2,1-4H3,(H,36,37). The first-order valence-corrected chi connectivity index (χ1v) is 11.4. The van der Waals surface area contributed by atoms with Crippen molar-refractivity contribution >= 4 is 41.6 Å². The summed E-state index contributed by atoms with van der Waals surface area (Å²) in [5, 5.41) is 9.95. The number of carbonyl (C=O) groups is 4. The van der Waals surface area contributed by atoms with Crippen LogP contribution in [-0.4, -0.2) is 38.2 Å². The van der Waals surface area contributed by atoms with Gasteiger partial charge in [-0.1, -0.05) is 18.2 Å². The average Bonchev–Trinajstić information content (AvgIpc) is 2.86. The molecule has 3 aromatic rings. The minimum Gasteiger partial charge on any atom is -0.464 e. The number of rotatable bonds is 7. The molecule has 1 amide bonds. The molecule has 0 spiro atoms. The summed E-state index contributed by atoms with van der Waals surface area (Å²) >= 11 is 0. The predicted molar refractivity (Wildman–Crippen MR) is 142 cm³/mol. The number of nitrogens with two attached hydrogens (primary N) is 1. The van der Waals surface area contributed by atoms with E-state index in [9.17, 15) is 33.9 Å². The van der Waals surface area contributed by atoms with Gasteiger partial charge in [0.2, 0.25) is 5.75 Å². The highest BCUT2D eigenvalue weighted by atomic mass is 16.6. The minimum absolute atomic E-state index is 0.0985. The maximum absolute atomic E-state index is 13.0. The Balaban J connectivity index is 2.22. The molecule has 14 heteroatoms. The summed E-state index contributed by atoms with van der Waals surface area (Å²) in [6.07, 6.45) is 0.489. The second kappa shape index (κ2) is 11.8. The predicted octanol–water partition coefficient (Wildman–Crippen LogP) is 2.05. The van der Waals surface area contributed by atoms with Crippen molar-refractivity contribution < 1.29 is 38.5 Å². The Bertz CT molecular complexity index is 1620. The fourth-order valence-electron chi connectivity index (χ4n) is 3.56. The van der Waals surface area contributed by atoms with Crippen LogP contribution in [0.15, 0.2) is 58.3 Å². The first-order chi connectivity index (χ1) is 18.8. The van der Waals surface area contributed by atoms with E-state index < -0.39 is 46.8 Å². The summed E-state index contributed by atoms with van der Waals surface area (Å²) in [5.41, 5.74) is 4.21. The molecule has 0 aliphatic carbocycles. The van der Waals surface area contributed by atoms with E-state index >= 15 is 0 Å². The Morgan fingerprint density at radius 1 is 0.900 bits per heavy atom. The van der Waals surface area contributed by atoms with Crippen molar-refractivity contribution in [3.63, 3.8) is 0 Å². The molecule has 40 heavy (non-hydrogen) atoms. The molecule has 0 saturated carbocycles. The zero-order chi connectivity index (χ0) is 29.7. The van der Waals surface area contributed by atoms with Crippen LogP contribution in [0.25, 0.3) is 11.8 Å². The maximum Gasteiger partial charge on any atom is 0.416 e. The number of carboxylic acid groups (broad SMARTS) is 1. The average molecular weight is 552 g/mol. The topological polar surface area (TPSA) is 189 Å².